The lowest BCUT2D eigenvalue weighted by Crippen LogP contribution is -2.21. The van der Waals surface area contributed by atoms with Crippen molar-refractivity contribution < 1.29 is 4.42 Å². The van der Waals surface area contributed by atoms with E-state index in [0.29, 0.717) is 6.04 Å². The molecule has 3 nitrogen and oxygen atoms in total. The first kappa shape index (κ1) is 13.3. The molecule has 1 aromatic heterocycles. The molecule has 0 spiro atoms. The zero-order chi connectivity index (χ0) is 12.0. The van der Waals surface area contributed by atoms with Crippen LogP contribution in [0.15, 0.2) is 16.5 Å². The van der Waals surface area contributed by atoms with Crippen LogP contribution >= 0.6 is 0 Å². The summed E-state index contributed by atoms with van der Waals surface area (Å²) in [5, 5.41) is 3.47. The zero-order valence-electron chi connectivity index (χ0n) is 10.9. The third kappa shape index (κ3) is 4.81. The smallest absolute Gasteiger partial charge is 0.120 e. The first-order valence-electron chi connectivity index (χ1n) is 6.04. The molecule has 0 saturated heterocycles. The van der Waals surface area contributed by atoms with Crippen LogP contribution in [0.5, 0.6) is 0 Å². The Morgan fingerprint density at radius 2 is 2.06 bits per heavy atom. The van der Waals surface area contributed by atoms with E-state index < -0.39 is 0 Å². The molecule has 0 radical (unpaired) electrons. The predicted octanol–water partition coefficient (Wildman–Crippen LogP) is 2.58. The van der Waals surface area contributed by atoms with Gasteiger partial charge in [0.15, 0.2) is 0 Å². The van der Waals surface area contributed by atoms with E-state index in [4.69, 9.17) is 4.42 Å². The van der Waals surface area contributed by atoms with Crippen molar-refractivity contribution in [3.05, 3.63) is 23.7 Å². The first-order valence-corrected chi connectivity index (χ1v) is 6.04. The zero-order valence-corrected chi connectivity index (χ0v) is 10.9. The van der Waals surface area contributed by atoms with Gasteiger partial charge in [-0.2, -0.15) is 0 Å². The van der Waals surface area contributed by atoms with Gasteiger partial charge in [-0.25, -0.2) is 0 Å². The standard InChI is InChI=1S/C13H24N2O/c1-11-7-8-13(16-11)12(2)14-9-5-6-10-15(3)4/h7-8,12,14H,5-6,9-10H2,1-4H3. The van der Waals surface area contributed by atoms with E-state index in [2.05, 4.69) is 31.2 Å². The molecule has 0 aliphatic carbocycles. The predicted molar refractivity (Wildman–Crippen MR) is 67.7 cm³/mol. The Balaban J connectivity index is 2.13. The molecule has 16 heavy (non-hydrogen) atoms. The SMILES string of the molecule is Cc1ccc(C(C)NCCCCN(C)C)o1. The highest BCUT2D eigenvalue weighted by Gasteiger charge is 2.07. The van der Waals surface area contributed by atoms with Crippen LogP contribution in [0.4, 0.5) is 0 Å². The number of hydrogen-bond acceptors (Lipinski definition) is 3. The van der Waals surface area contributed by atoms with Gasteiger partial charge in [0.1, 0.15) is 11.5 Å². The van der Waals surface area contributed by atoms with Crippen molar-refractivity contribution in [3.63, 3.8) is 0 Å². The minimum atomic E-state index is 0.313. The van der Waals surface area contributed by atoms with Crippen LogP contribution < -0.4 is 5.32 Å². The molecule has 1 unspecified atom stereocenters. The number of furan rings is 1. The van der Waals surface area contributed by atoms with E-state index in [-0.39, 0.29) is 0 Å². The normalized spacial score (nSPS) is 13.3. The maximum absolute atomic E-state index is 5.57. The van der Waals surface area contributed by atoms with Gasteiger partial charge in [-0.1, -0.05) is 0 Å². The van der Waals surface area contributed by atoms with Crippen molar-refractivity contribution in [1.29, 1.82) is 0 Å². The summed E-state index contributed by atoms with van der Waals surface area (Å²) in [6.07, 6.45) is 2.45. The fourth-order valence-corrected chi connectivity index (χ4v) is 1.66. The second kappa shape index (κ2) is 6.71. The largest absolute Gasteiger partial charge is 0.465 e. The molecule has 1 rings (SSSR count). The van der Waals surface area contributed by atoms with Crippen LogP contribution in [0.25, 0.3) is 0 Å². The highest BCUT2D eigenvalue weighted by atomic mass is 16.3. The monoisotopic (exact) mass is 224 g/mol. The van der Waals surface area contributed by atoms with Gasteiger partial charge in [-0.05, 0) is 66.0 Å². The number of hydrogen-bond donors (Lipinski definition) is 1. The molecule has 0 bridgehead atoms. The summed E-state index contributed by atoms with van der Waals surface area (Å²) in [5.74, 6) is 2.02. The lowest BCUT2D eigenvalue weighted by atomic mass is 10.2. The molecular weight excluding hydrogens is 200 g/mol. The lowest BCUT2D eigenvalue weighted by Gasteiger charge is -2.12. The number of aryl methyl sites for hydroxylation is 1. The van der Waals surface area contributed by atoms with E-state index in [9.17, 15) is 0 Å². The van der Waals surface area contributed by atoms with Crippen molar-refractivity contribution >= 4 is 0 Å². The van der Waals surface area contributed by atoms with Gasteiger partial charge in [0.2, 0.25) is 0 Å². The molecule has 0 aliphatic rings. The average Bonchev–Trinajstić information content (AvgIpc) is 2.63. The lowest BCUT2D eigenvalue weighted by molar-refractivity contribution is 0.380. The van der Waals surface area contributed by atoms with Crippen LogP contribution in [-0.2, 0) is 0 Å². The fourth-order valence-electron chi connectivity index (χ4n) is 1.66. The quantitative estimate of drug-likeness (QED) is 0.722. The van der Waals surface area contributed by atoms with Crippen molar-refractivity contribution in [1.82, 2.24) is 10.2 Å². The van der Waals surface area contributed by atoms with Gasteiger partial charge in [0, 0.05) is 0 Å². The van der Waals surface area contributed by atoms with E-state index >= 15 is 0 Å². The Kier molecular flexibility index (Phi) is 5.56. The molecule has 1 atom stereocenters. The molecule has 0 saturated carbocycles. The molecule has 0 amide bonds. The van der Waals surface area contributed by atoms with Gasteiger partial charge in [0.05, 0.1) is 6.04 Å². The number of unbranched alkanes of at least 4 members (excludes halogenated alkanes) is 1. The number of nitrogens with one attached hydrogen (secondary N) is 1. The maximum atomic E-state index is 5.57. The molecule has 0 aliphatic heterocycles. The molecule has 1 heterocycles. The van der Waals surface area contributed by atoms with Crippen LogP contribution in [-0.4, -0.2) is 32.1 Å². The fraction of sp³-hybridized carbons (Fsp3) is 0.692. The summed E-state index contributed by atoms with van der Waals surface area (Å²) in [4.78, 5) is 2.22. The topological polar surface area (TPSA) is 28.4 Å². The molecular formula is C13H24N2O. The van der Waals surface area contributed by atoms with Crippen molar-refractivity contribution in [3.8, 4) is 0 Å². The summed E-state index contributed by atoms with van der Waals surface area (Å²) in [6.45, 7) is 6.34. The Labute approximate surface area is 98.8 Å². The van der Waals surface area contributed by atoms with Crippen LogP contribution in [0.1, 0.15) is 37.3 Å². The second-order valence-corrected chi connectivity index (χ2v) is 4.63. The molecule has 0 aromatic carbocycles. The van der Waals surface area contributed by atoms with Crippen molar-refractivity contribution in [2.45, 2.75) is 32.7 Å². The van der Waals surface area contributed by atoms with Crippen LogP contribution in [0.2, 0.25) is 0 Å². The second-order valence-electron chi connectivity index (χ2n) is 4.63. The summed E-state index contributed by atoms with van der Waals surface area (Å²) >= 11 is 0. The van der Waals surface area contributed by atoms with Gasteiger partial charge in [-0.15, -0.1) is 0 Å². The third-order valence-electron chi connectivity index (χ3n) is 2.67. The van der Waals surface area contributed by atoms with Crippen molar-refractivity contribution in [2.75, 3.05) is 27.2 Å². The summed E-state index contributed by atoms with van der Waals surface area (Å²) in [5.41, 5.74) is 0. The Morgan fingerprint density at radius 1 is 1.31 bits per heavy atom. The first-order chi connectivity index (χ1) is 7.59. The molecule has 3 heteroatoms. The van der Waals surface area contributed by atoms with E-state index in [1.54, 1.807) is 0 Å². The Bertz CT molecular complexity index is 294. The van der Waals surface area contributed by atoms with Crippen LogP contribution in [0, 0.1) is 6.92 Å². The van der Waals surface area contributed by atoms with E-state index in [1.807, 2.05) is 19.1 Å². The van der Waals surface area contributed by atoms with Gasteiger partial charge < -0.3 is 14.6 Å². The highest BCUT2D eigenvalue weighted by Crippen LogP contribution is 2.15. The molecule has 92 valence electrons. The van der Waals surface area contributed by atoms with Gasteiger partial charge >= 0.3 is 0 Å². The van der Waals surface area contributed by atoms with E-state index in [0.717, 1.165) is 24.6 Å². The number of nitrogens with zero attached hydrogens (tertiary/aromatic N) is 1. The summed E-state index contributed by atoms with van der Waals surface area (Å²) in [6, 6.07) is 4.37. The third-order valence-corrected chi connectivity index (χ3v) is 2.67. The van der Waals surface area contributed by atoms with Crippen molar-refractivity contribution in [2.24, 2.45) is 0 Å². The summed E-state index contributed by atoms with van der Waals surface area (Å²) < 4.78 is 5.57. The van der Waals surface area contributed by atoms with Crippen LogP contribution in [0.3, 0.4) is 0 Å². The molecule has 1 N–H and O–H groups in total. The van der Waals surface area contributed by atoms with E-state index in [1.165, 1.54) is 12.8 Å². The molecule has 0 fully saturated rings. The minimum absolute atomic E-state index is 0.313. The minimum Gasteiger partial charge on any atom is -0.465 e. The van der Waals surface area contributed by atoms with Gasteiger partial charge in [0.25, 0.3) is 0 Å². The Morgan fingerprint density at radius 3 is 2.62 bits per heavy atom. The average molecular weight is 224 g/mol. The highest BCUT2D eigenvalue weighted by molar-refractivity contribution is 5.08. The molecule has 1 aromatic rings. The van der Waals surface area contributed by atoms with Gasteiger partial charge in [-0.3, -0.25) is 0 Å². The number of rotatable bonds is 7. The maximum Gasteiger partial charge on any atom is 0.120 e. The summed E-state index contributed by atoms with van der Waals surface area (Å²) in [7, 11) is 4.23. The Hall–Kier alpha value is -0.800.